The van der Waals surface area contributed by atoms with Crippen molar-refractivity contribution in [2.24, 2.45) is 0 Å². The third-order valence-electron chi connectivity index (χ3n) is 3.76. The van der Waals surface area contributed by atoms with Gasteiger partial charge in [0.25, 0.3) is 5.91 Å². The third kappa shape index (κ3) is 3.03. The van der Waals surface area contributed by atoms with Gasteiger partial charge in [-0.15, -0.1) is 0 Å². The Kier molecular flexibility index (Phi) is 4.11. The van der Waals surface area contributed by atoms with Gasteiger partial charge in [0.15, 0.2) is 0 Å². The SMILES string of the molecule is Cc1nccn1-c1ccc(NC(=O)C(C)(C)n2cc(Cl)cn2)cn1. The Hall–Kier alpha value is -2.67. The molecule has 3 rings (SSSR count). The lowest BCUT2D eigenvalue weighted by Gasteiger charge is -2.24. The summed E-state index contributed by atoms with van der Waals surface area (Å²) in [7, 11) is 0. The number of hydrogen-bond acceptors (Lipinski definition) is 4. The number of amides is 1. The molecule has 0 spiro atoms. The lowest BCUT2D eigenvalue weighted by atomic mass is 10.1. The fraction of sp³-hybridized carbons (Fsp3) is 0.250. The van der Waals surface area contributed by atoms with Crippen molar-refractivity contribution in [1.29, 1.82) is 0 Å². The maximum Gasteiger partial charge on any atom is 0.251 e. The summed E-state index contributed by atoms with van der Waals surface area (Å²) in [5.41, 5.74) is -0.278. The van der Waals surface area contributed by atoms with Gasteiger partial charge in [0.05, 0.1) is 23.1 Å². The van der Waals surface area contributed by atoms with Gasteiger partial charge in [-0.3, -0.25) is 14.0 Å². The van der Waals surface area contributed by atoms with E-state index in [0.717, 1.165) is 11.6 Å². The molecule has 3 heterocycles. The van der Waals surface area contributed by atoms with Crippen LogP contribution in [0.4, 0.5) is 5.69 Å². The summed E-state index contributed by atoms with van der Waals surface area (Å²) in [5, 5.41) is 7.44. The normalized spacial score (nSPS) is 11.5. The van der Waals surface area contributed by atoms with Crippen molar-refractivity contribution in [1.82, 2.24) is 24.3 Å². The highest BCUT2D eigenvalue weighted by Gasteiger charge is 2.30. The van der Waals surface area contributed by atoms with E-state index in [2.05, 4.69) is 20.4 Å². The molecule has 124 valence electrons. The van der Waals surface area contributed by atoms with Crippen molar-refractivity contribution in [2.45, 2.75) is 26.3 Å². The molecule has 0 bridgehead atoms. The van der Waals surface area contributed by atoms with Gasteiger partial charge in [-0.2, -0.15) is 5.10 Å². The van der Waals surface area contributed by atoms with Crippen LogP contribution in [0.15, 0.2) is 43.1 Å². The number of pyridine rings is 1. The number of aryl methyl sites for hydroxylation is 1. The number of hydrogen-bond donors (Lipinski definition) is 1. The molecule has 0 atom stereocenters. The first-order chi connectivity index (χ1) is 11.4. The highest BCUT2D eigenvalue weighted by Crippen LogP contribution is 2.20. The molecule has 24 heavy (non-hydrogen) atoms. The zero-order valence-corrected chi connectivity index (χ0v) is 14.3. The second kappa shape index (κ2) is 6.09. The summed E-state index contributed by atoms with van der Waals surface area (Å²) < 4.78 is 3.39. The van der Waals surface area contributed by atoms with Crippen molar-refractivity contribution in [3.05, 3.63) is 54.0 Å². The van der Waals surface area contributed by atoms with E-state index in [-0.39, 0.29) is 5.91 Å². The van der Waals surface area contributed by atoms with E-state index >= 15 is 0 Å². The molecule has 0 aromatic carbocycles. The van der Waals surface area contributed by atoms with Crippen LogP contribution in [0.25, 0.3) is 5.82 Å². The highest BCUT2D eigenvalue weighted by atomic mass is 35.5. The largest absolute Gasteiger partial charge is 0.323 e. The molecule has 0 fully saturated rings. The van der Waals surface area contributed by atoms with Crippen LogP contribution in [0.1, 0.15) is 19.7 Å². The first-order valence-electron chi connectivity index (χ1n) is 7.36. The number of anilines is 1. The van der Waals surface area contributed by atoms with Crippen molar-refractivity contribution in [3.63, 3.8) is 0 Å². The van der Waals surface area contributed by atoms with Crippen molar-refractivity contribution >= 4 is 23.2 Å². The number of imidazole rings is 1. The minimum absolute atomic E-state index is 0.212. The molecule has 1 amide bonds. The number of carbonyl (C=O) groups is 1. The van der Waals surface area contributed by atoms with Crippen LogP contribution < -0.4 is 5.32 Å². The zero-order valence-electron chi connectivity index (χ0n) is 13.6. The van der Waals surface area contributed by atoms with Gasteiger partial charge in [0.1, 0.15) is 17.2 Å². The molecule has 0 aliphatic carbocycles. The Morgan fingerprint density at radius 1 is 1.25 bits per heavy atom. The van der Waals surface area contributed by atoms with E-state index in [9.17, 15) is 4.79 Å². The van der Waals surface area contributed by atoms with E-state index in [4.69, 9.17) is 11.6 Å². The molecule has 0 saturated heterocycles. The Morgan fingerprint density at radius 3 is 2.58 bits per heavy atom. The van der Waals surface area contributed by atoms with Gasteiger partial charge in [-0.25, -0.2) is 9.97 Å². The van der Waals surface area contributed by atoms with Crippen molar-refractivity contribution < 1.29 is 4.79 Å². The molecule has 8 heteroatoms. The van der Waals surface area contributed by atoms with Gasteiger partial charge >= 0.3 is 0 Å². The van der Waals surface area contributed by atoms with Crippen LogP contribution in [-0.4, -0.2) is 30.2 Å². The van der Waals surface area contributed by atoms with E-state index in [1.165, 1.54) is 10.9 Å². The minimum atomic E-state index is -0.882. The first kappa shape index (κ1) is 16.2. The highest BCUT2D eigenvalue weighted by molar-refractivity contribution is 6.30. The lowest BCUT2D eigenvalue weighted by Crippen LogP contribution is -2.40. The Bertz CT molecular complexity index is 865. The number of nitrogens with one attached hydrogen (secondary N) is 1. The Labute approximate surface area is 144 Å². The molecular formula is C16H17ClN6O. The summed E-state index contributed by atoms with van der Waals surface area (Å²) in [5.74, 6) is 1.37. The molecule has 3 aromatic rings. The summed E-state index contributed by atoms with van der Waals surface area (Å²) in [4.78, 5) is 21.1. The van der Waals surface area contributed by atoms with Crippen LogP contribution in [0.2, 0.25) is 5.02 Å². The molecule has 0 unspecified atom stereocenters. The van der Waals surface area contributed by atoms with Crippen LogP contribution >= 0.6 is 11.6 Å². The standard InChI is InChI=1S/C16H17ClN6O/c1-11-18-6-7-22(11)14-5-4-13(9-19-14)21-15(24)16(2,3)23-10-12(17)8-20-23/h4-10H,1-3H3,(H,21,24). The van der Waals surface area contributed by atoms with E-state index in [1.54, 1.807) is 38.5 Å². The quantitative estimate of drug-likeness (QED) is 0.789. The second-order valence-corrected chi connectivity index (χ2v) is 6.30. The number of nitrogens with zero attached hydrogens (tertiary/aromatic N) is 5. The number of carbonyl (C=O) groups excluding carboxylic acids is 1. The second-order valence-electron chi connectivity index (χ2n) is 5.87. The van der Waals surface area contributed by atoms with Crippen molar-refractivity contribution in [2.75, 3.05) is 5.32 Å². The van der Waals surface area contributed by atoms with Crippen molar-refractivity contribution in [3.8, 4) is 5.82 Å². The van der Waals surface area contributed by atoms with Gasteiger partial charge in [0.2, 0.25) is 0 Å². The van der Waals surface area contributed by atoms with Crippen LogP contribution in [-0.2, 0) is 10.3 Å². The topological polar surface area (TPSA) is 77.6 Å². The van der Waals surface area contributed by atoms with E-state index < -0.39 is 5.54 Å². The number of rotatable bonds is 4. The predicted octanol–water partition coefficient (Wildman–Crippen LogP) is 2.80. The predicted molar refractivity (Wildman–Crippen MR) is 91.3 cm³/mol. The molecule has 0 aliphatic rings. The average Bonchev–Trinajstić information content (AvgIpc) is 3.17. The molecule has 1 N–H and O–H groups in total. The monoisotopic (exact) mass is 344 g/mol. The molecule has 0 radical (unpaired) electrons. The van der Waals surface area contributed by atoms with Crippen LogP contribution in [0.5, 0.6) is 0 Å². The van der Waals surface area contributed by atoms with Gasteiger partial charge in [-0.05, 0) is 32.9 Å². The van der Waals surface area contributed by atoms with E-state index in [0.29, 0.717) is 10.7 Å². The summed E-state index contributed by atoms with van der Waals surface area (Å²) in [6.07, 6.45) is 8.27. The number of aromatic nitrogens is 5. The smallest absolute Gasteiger partial charge is 0.251 e. The molecule has 0 aliphatic heterocycles. The maximum absolute atomic E-state index is 12.6. The summed E-state index contributed by atoms with van der Waals surface area (Å²) in [6, 6.07) is 3.62. The molecule has 3 aromatic heterocycles. The average molecular weight is 345 g/mol. The molecule has 7 nitrogen and oxygen atoms in total. The van der Waals surface area contributed by atoms with Gasteiger partial charge in [-0.1, -0.05) is 11.6 Å². The molecule has 0 saturated carbocycles. The summed E-state index contributed by atoms with van der Waals surface area (Å²) in [6.45, 7) is 5.43. The third-order valence-corrected chi connectivity index (χ3v) is 3.95. The van der Waals surface area contributed by atoms with Crippen LogP contribution in [0, 0.1) is 6.92 Å². The molecular weight excluding hydrogens is 328 g/mol. The van der Waals surface area contributed by atoms with Crippen LogP contribution in [0.3, 0.4) is 0 Å². The minimum Gasteiger partial charge on any atom is -0.323 e. The maximum atomic E-state index is 12.6. The Morgan fingerprint density at radius 2 is 2.04 bits per heavy atom. The van der Waals surface area contributed by atoms with Gasteiger partial charge < -0.3 is 5.32 Å². The first-order valence-corrected chi connectivity index (χ1v) is 7.74. The number of halogens is 1. The Balaban J connectivity index is 1.76. The van der Waals surface area contributed by atoms with E-state index in [1.807, 2.05) is 23.8 Å². The fourth-order valence-corrected chi connectivity index (χ4v) is 2.35. The fourth-order valence-electron chi connectivity index (χ4n) is 2.22. The lowest BCUT2D eigenvalue weighted by molar-refractivity contribution is -0.123. The van der Waals surface area contributed by atoms with Gasteiger partial charge in [0, 0.05) is 18.6 Å². The zero-order chi connectivity index (χ0) is 17.3. The summed E-state index contributed by atoms with van der Waals surface area (Å²) >= 11 is 5.88.